The zero-order chi connectivity index (χ0) is 31.8. The summed E-state index contributed by atoms with van der Waals surface area (Å²) in [7, 11) is 5.34. The first kappa shape index (κ1) is 32.6. The third-order valence-corrected chi connectivity index (χ3v) is 7.91. The number of nitrogens with zero attached hydrogens (tertiary/aromatic N) is 4. The van der Waals surface area contributed by atoms with Crippen molar-refractivity contribution in [1.29, 1.82) is 0 Å². The Morgan fingerprint density at radius 2 is 1.73 bits per heavy atom. The Morgan fingerprint density at radius 3 is 2.43 bits per heavy atom. The van der Waals surface area contributed by atoms with Crippen LogP contribution in [-0.2, 0) is 11.2 Å². The maximum absolute atomic E-state index is 13.6. The number of amides is 3. The second-order valence-corrected chi connectivity index (χ2v) is 12.0. The van der Waals surface area contributed by atoms with Gasteiger partial charge in [0, 0.05) is 51.6 Å². The molecule has 10 nitrogen and oxygen atoms in total. The number of hydrazine groups is 1. The van der Waals surface area contributed by atoms with Gasteiger partial charge in [-0.15, -0.1) is 0 Å². The van der Waals surface area contributed by atoms with E-state index in [0.29, 0.717) is 36.4 Å². The van der Waals surface area contributed by atoms with E-state index in [1.165, 1.54) is 0 Å². The molecule has 0 spiro atoms. The molecule has 0 aliphatic carbocycles. The number of carbonyl (C=O) groups is 3. The molecule has 0 saturated carbocycles. The van der Waals surface area contributed by atoms with Crippen molar-refractivity contribution in [3.8, 4) is 0 Å². The van der Waals surface area contributed by atoms with E-state index in [1.54, 1.807) is 54.5 Å². The molecule has 3 atom stereocenters. The third kappa shape index (κ3) is 8.42. The molecule has 0 unspecified atom stereocenters. The lowest BCUT2D eigenvalue weighted by molar-refractivity contribution is -0.128. The molecule has 3 amide bonds. The fraction of sp³-hybridized carbons (Fsp3) is 0.412. The van der Waals surface area contributed by atoms with Crippen molar-refractivity contribution < 1.29 is 19.5 Å². The lowest BCUT2D eigenvalue weighted by Gasteiger charge is -2.29. The molecule has 0 radical (unpaired) electrons. The predicted octanol–water partition coefficient (Wildman–Crippen LogP) is 3.24. The van der Waals surface area contributed by atoms with Gasteiger partial charge >= 0.3 is 0 Å². The zero-order valence-electron chi connectivity index (χ0n) is 26.2. The maximum atomic E-state index is 13.6. The summed E-state index contributed by atoms with van der Waals surface area (Å²) in [6.07, 6.45) is 4.43. The SMILES string of the molecule is CC(C)c1cncc(N(C)C[C@@H](O)[C@H](Cc2ccccc2)NC(=O)c2cccc(C(=O)N3CCC[C@@H]3C(=O)NN(C)C)c2)c1. The molecule has 44 heavy (non-hydrogen) atoms. The Hall–Kier alpha value is -4.28. The van der Waals surface area contributed by atoms with Crippen LogP contribution in [0.15, 0.2) is 73.1 Å². The molecule has 2 heterocycles. The molecule has 1 aliphatic heterocycles. The van der Waals surface area contributed by atoms with E-state index < -0.39 is 24.1 Å². The highest BCUT2D eigenvalue weighted by molar-refractivity contribution is 6.01. The molecule has 4 rings (SSSR count). The van der Waals surface area contributed by atoms with Crippen molar-refractivity contribution >= 4 is 23.4 Å². The Labute approximate surface area is 260 Å². The standard InChI is InChI=1S/C34H44N6O4/c1-23(2)27-19-28(21-35-20-27)39(5)22-31(41)29(17-24-11-7-6-8-12-24)36-32(42)25-13-9-14-26(18-25)34(44)40-16-10-15-30(40)33(43)37-38(3)4/h6-9,11-14,18-21,23,29-31,41H,10,15-17,22H2,1-5H3,(H,36,42)(H,37,43)/t29-,30+,31+/m0/s1. The fourth-order valence-electron chi connectivity index (χ4n) is 5.42. The van der Waals surface area contributed by atoms with Gasteiger partial charge in [-0.25, -0.2) is 5.01 Å². The van der Waals surface area contributed by atoms with Crippen LogP contribution in [0.2, 0.25) is 0 Å². The normalized spacial score (nSPS) is 16.1. The van der Waals surface area contributed by atoms with E-state index in [-0.39, 0.29) is 18.4 Å². The molecule has 3 aromatic rings. The first-order valence-electron chi connectivity index (χ1n) is 15.1. The number of aromatic nitrogens is 1. The van der Waals surface area contributed by atoms with Gasteiger partial charge in [-0.1, -0.05) is 50.2 Å². The molecule has 1 saturated heterocycles. The van der Waals surface area contributed by atoms with Gasteiger partial charge in [0.1, 0.15) is 6.04 Å². The molecule has 3 N–H and O–H groups in total. The van der Waals surface area contributed by atoms with Gasteiger partial charge in [0.05, 0.1) is 24.0 Å². The maximum Gasteiger partial charge on any atom is 0.257 e. The highest BCUT2D eigenvalue weighted by atomic mass is 16.3. The number of hydrogen-bond acceptors (Lipinski definition) is 7. The highest BCUT2D eigenvalue weighted by Gasteiger charge is 2.35. The van der Waals surface area contributed by atoms with Crippen LogP contribution in [0, 0.1) is 0 Å². The summed E-state index contributed by atoms with van der Waals surface area (Å²) >= 11 is 0. The molecule has 1 aromatic heterocycles. The van der Waals surface area contributed by atoms with Gasteiger partial charge < -0.3 is 20.2 Å². The lowest BCUT2D eigenvalue weighted by Crippen LogP contribution is -2.49. The predicted molar refractivity (Wildman–Crippen MR) is 171 cm³/mol. The van der Waals surface area contributed by atoms with Crippen molar-refractivity contribution in [2.45, 2.75) is 57.2 Å². The van der Waals surface area contributed by atoms with Crippen molar-refractivity contribution in [2.75, 3.05) is 39.1 Å². The molecule has 0 bridgehead atoms. The van der Waals surface area contributed by atoms with Gasteiger partial charge in [-0.2, -0.15) is 0 Å². The minimum Gasteiger partial charge on any atom is -0.389 e. The van der Waals surface area contributed by atoms with Crippen LogP contribution in [0.1, 0.15) is 64.4 Å². The first-order valence-corrected chi connectivity index (χ1v) is 15.1. The average molecular weight is 601 g/mol. The molecule has 2 aromatic carbocycles. The number of aliphatic hydroxyl groups excluding tert-OH is 1. The zero-order valence-corrected chi connectivity index (χ0v) is 26.2. The molecular formula is C34H44N6O4. The number of hydrogen-bond donors (Lipinski definition) is 3. The van der Waals surface area contributed by atoms with Crippen LogP contribution < -0.4 is 15.6 Å². The molecule has 10 heteroatoms. The summed E-state index contributed by atoms with van der Waals surface area (Å²) in [5.74, 6) is -0.603. The summed E-state index contributed by atoms with van der Waals surface area (Å²) in [5.41, 5.74) is 6.33. The second-order valence-electron chi connectivity index (χ2n) is 12.0. The number of nitrogens with one attached hydrogen (secondary N) is 2. The van der Waals surface area contributed by atoms with Crippen LogP contribution in [0.4, 0.5) is 5.69 Å². The van der Waals surface area contributed by atoms with E-state index in [4.69, 9.17) is 0 Å². The first-order chi connectivity index (χ1) is 21.0. The quantitative estimate of drug-likeness (QED) is 0.273. The summed E-state index contributed by atoms with van der Waals surface area (Å²) in [6.45, 7) is 4.95. The van der Waals surface area contributed by atoms with Crippen LogP contribution in [0.5, 0.6) is 0 Å². The van der Waals surface area contributed by atoms with E-state index >= 15 is 0 Å². The van der Waals surface area contributed by atoms with Crippen LogP contribution in [-0.4, -0.2) is 90.1 Å². The number of rotatable bonds is 12. The molecule has 234 valence electrons. The number of anilines is 1. The van der Waals surface area contributed by atoms with Crippen molar-refractivity contribution in [3.05, 3.63) is 95.3 Å². The second kappa shape index (κ2) is 14.9. The monoisotopic (exact) mass is 600 g/mol. The summed E-state index contributed by atoms with van der Waals surface area (Å²) in [5, 5.41) is 16.0. The van der Waals surface area contributed by atoms with Crippen molar-refractivity contribution in [1.82, 2.24) is 25.6 Å². The van der Waals surface area contributed by atoms with Gasteiger partial charge in [-0.05, 0) is 60.6 Å². The van der Waals surface area contributed by atoms with Crippen LogP contribution in [0.25, 0.3) is 0 Å². The van der Waals surface area contributed by atoms with Gasteiger partial charge in [-0.3, -0.25) is 24.8 Å². The number of likely N-dealkylation sites (tertiary alicyclic amines) is 1. The third-order valence-electron chi connectivity index (χ3n) is 7.91. The number of likely N-dealkylation sites (N-methyl/N-ethyl adjacent to an activating group) is 1. The number of carbonyl (C=O) groups excluding carboxylic acids is 3. The Balaban J connectivity index is 1.50. The Kier molecular flexibility index (Phi) is 11.1. The average Bonchev–Trinajstić information content (AvgIpc) is 3.51. The minimum absolute atomic E-state index is 0.232. The minimum atomic E-state index is -0.905. The summed E-state index contributed by atoms with van der Waals surface area (Å²) < 4.78 is 0. The summed E-state index contributed by atoms with van der Waals surface area (Å²) in [6, 6.07) is 17.1. The molecular weight excluding hydrogens is 556 g/mol. The van der Waals surface area contributed by atoms with E-state index in [1.807, 2.05) is 48.5 Å². The number of aliphatic hydroxyl groups is 1. The van der Waals surface area contributed by atoms with Gasteiger partial charge in [0.25, 0.3) is 17.7 Å². The summed E-state index contributed by atoms with van der Waals surface area (Å²) in [4.78, 5) is 47.6. The number of benzene rings is 2. The van der Waals surface area contributed by atoms with Crippen LogP contribution in [0.3, 0.4) is 0 Å². The van der Waals surface area contributed by atoms with E-state index in [0.717, 1.165) is 23.2 Å². The molecule has 1 fully saturated rings. The van der Waals surface area contributed by atoms with E-state index in [9.17, 15) is 19.5 Å². The van der Waals surface area contributed by atoms with Crippen molar-refractivity contribution in [3.63, 3.8) is 0 Å². The fourth-order valence-corrected chi connectivity index (χ4v) is 5.42. The van der Waals surface area contributed by atoms with Crippen LogP contribution >= 0.6 is 0 Å². The Morgan fingerprint density at radius 1 is 1.00 bits per heavy atom. The molecule has 1 aliphatic rings. The topological polar surface area (TPSA) is 118 Å². The smallest absolute Gasteiger partial charge is 0.257 e. The largest absolute Gasteiger partial charge is 0.389 e. The highest BCUT2D eigenvalue weighted by Crippen LogP contribution is 2.22. The van der Waals surface area contributed by atoms with E-state index in [2.05, 4.69) is 35.6 Å². The van der Waals surface area contributed by atoms with Crippen molar-refractivity contribution in [2.24, 2.45) is 0 Å². The van der Waals surface area contributed by atoms with Gasteiger partial charge in [0.15, 0.2) is 0 Å². The Bertz CT molecular complexity index is 1430. The lowest BCUT2D eigenvalue weighted by atomic mass is 9.99. The number of pyridine rings is 1. The van der Waals surface area contributed by atoms with Gasteiger partial charge in [0.2, 0.25) is 0 Å².